The van der Waals surface area contributed by atoms with Crippen LogP contribution in [0.4, 0.5) is 0 Å². The molecule has 116 valence electrons. The maximum absolute atomic E-state index is 12.5. The fraction of sp³-hybridized carbons (Fsp3) is 0.562. The lowest BCUT2D eigenvalue weighted by molar-refractivity contribution is 0.0698. The summed E-state index contributed by atoms with van der Waals surface area (Å²) in [5, 5.41) is 0. The quantitative estimate of drug-likeness (QED) is 0.860. The monoisotopic (exact) mass is 309 g/mol. The Hall–Kier alpha value is -1.36. The molecule has 21 heavy (non-hydrogen) atoms. The minimum absolute atomic E-state index is 0.0518. The summed E-state index contributed by atoms with van der Waals surface area (Å²) < 4.78 is 22.7. The molecule has 1 aromatic rings. The molecule has 1 aliphatic heterocycles. The first kappa shape index (κ1) is 16.0. The van der Waals surface area contributed by atoms with Crippen LogP contribution in [0.3, 0.4) is 0 Å². The number of carbonyl (C=O) groups excluding carboxylic acids is 1. The molecule has 1 saturated heterocycles. The van der Waals surface area contributed by atoms with E-state index in [2.05, 4.69) is 0 Å². The molecular weight excluding hydrogens is 286 g/mol. The van der Waals surface area contributed by atoms with Crippen LogP contribution in [0.25, 0.3) is 0 Å². The SMILES string of the molecule is Cc1ccc(C(=O)N2CCC(CS(C)(=O)=O)CC2)cc1C. The van der Waals surface area contributed by atoms with Gasteiger partial charge in [-0.05, 0) is 55.9 Å². The van der Waals surface area contributed by atoms with Crippen molar-refractivity contribution in [3.05, 3.63) is 34.9 Å². The molecule has 0 atom stereocenters. The highest BCUT2D eigenvalue weighted by Crippen LogP contribution is 2.21. The zero-order chi connectivity index (χ0) is 15.6. The fourth-order valence-corrected chi connectivity index (χ4v) is 3.98. The highest BCUT2D eigenvalue weighted by molar-refractivity contribution is 7.90. The molecule has 0 aromatic heterocycles. The molecule has 5 heteroatoms. The van der Waals surface area contributed by atoms with E-state index in [9.17, 15) is 13.2 Å². The third-order valence-corrected chi connectivity index (χ3v) is 5.27. The predicted molar refractivity (Wildman–Crippen MR) is 84.3 cm³/mol. The van der Waals surface area contributed by atoms with E-state index in [1.165, 1.54) is 11.8 Å². The zero-order valence-corrected chi connectivity index (χ0v) is 13.7. The Kier molecular flexibility index (Phi) is 4.71. The van der Waals surface area contributed by atoms with Crippen LogP contribution in [0.15, 0.2) is 18.2 Å². The Balaban J connectivity index is 1.98. The summed E-state index contributed by atoms with van der Waals surface area (Å²) in [6.07, 6.45) is 2.81. The molecule has 1 aromatic carbocycles. The summed E-state index contributed by atoms with van der Waals surface area (Å²) in [5.41, 5.74) is 3.02. The summed E-state index contributed by atoms with van der Waals surface area (Å²) in [4.78, 5) is 14.3. The van der Waals surface area contributed by atoms with E-state index in [1.54, 1.807) is 0 Å². The normalized spacial score (nSPS) is 17.0. The van der Waals surface area contributed by atoms with Gasteiger partial charge in [0.2, 0.25) is 0 Å². The third kappa shape index (κ3) is 4.30. The molecule has 1 fully saturated rings. The summed E-state index contributed by atoms with van der Waals surface area (Å²) in [5.74, 6) is 0.471. The van der Waals surface area contributed by atoms with Crippen LogP contribution >= 0.6 is 0 Å². The number of hydrogen-bond donors (Lipinski definition) is 0. The zero-order valence-electron chi connectivity index (χ0n) is 12.9. The van der Waals surface area contributed by atoms with Crippen LogP contribution in [0.2, 0.25) is 0 Å². The van der Waals surface area contributed by atoms with Crippen LogP contribution < -0.4 is 0 Å². The molecule has 1 amide bonds. The first-order chi connectivity index (χ1) is 9.76. The Bertz CT molecular complexity index is 629. The van der Waals surface area contributed by atoms with E-state index in [1.807, 2.05) is 36.9 Å². The van der Waals surface area contributed by atoms with Gasteiger partial charge >= 0.3 is 0 Å². The molecule has 1 heterocycles. The second-order valence-corrected chi connectivity index (χ2v) is 8.31. The van der Waals surface area contributed by atoms with Crippen molar-refractivity contribution in [2.24, 2.45) is 5.92 Å². The predicted octanol–water partition coefficient (Wildman–Crippen LogP) is 2.20. The smallest absolute Gasteiger partial charge is 0.253 e. The number of likely N-dealkylation sites (tertiary alicyclic amines) is 1. The number of nitrogens with zero attached hydrogens (tertiary/aromatic N) is 1. The molecule has 0 unspecified atom stereocenters. The average molecular weight is 309 g/mol. The summed E-state index contributed by atoms with van der Waals surface area (Å²) in [6.45, 7) is 5.32. The third-order valence-electron chi connectivity index (χ3n) is 4.19. The van der Waals surface area contributed by atoms with Crippen molar-refractivity contribution in [2.45, 2.75) is 26.7 Å². The van der Waals surface area contributed by atoms with Gasteiger partial charge in [0.25, 0.3) is 5.91 Å². The van der Waals surface area contributed by atoms with E-state index in [-0.39, 0.29) is 17.6 Å². The number of amides is 1. The molecular formula is C16H23NO3S. The van der Waals surface area contributed by atoms with Crippen molar-refractivity contribution in [3.63, 3.8) is 0 Å². The van der Waals surface area contributed by atoms with Crippen LogP contribution in [-0.4, -0.2) is 44.3 Å². The van der Waals surface area contributed by atoms with Crippen molar-refractivity contribution in [1.29, 1.82) is 0 Å². The second kappa shape index (κ2) is 6.18. The lowest BCUT2D eigenvalue weighted by atomic mass is 9.98. The van der Waals surface area contributed by atoms with Crippen LogP contribution in [0, 0.1) is 19.8 Å². The van der Waals surface area contributed by atoms with Gasteiger partial charge < -0.3 is 4.90 Å². The largest absolute Gasteiger partial charge is 0.339 e. The van der Waals surface area contributed by atoms with E-state index >= 15 is 0 Å². The molecule has 2 rings (SSSR count). The molecule has 0 bridgehead atoms. The van der Waals surface area contributed by atoms with Gasteiger partial charge in [-0.2, -0.15) is 0 Å². The van der Waals surface area contributed by atoms with Crippen LogP contribution in [0.1, 0.15) is 34.3 Å². The number of aryl methyl sites for hydroxylation is 2. The number of benzene rings is 1. The number of hydrogen-bond acceptors (Lipinski definition) is 3. The number of rotatable bonds is 3. The van der Waals surface area contributed by atoms with Crippen molar-refractivity contribution < 1.29 is 13.2 Å². The van der Waals surface area contributed by atoms with Crippen molar-refractivity contribution in [1.82, 2.24) is 4.90 Å². The number of carbonyl (C=O) groups is 1. The second-order valence-electron chi connectivity index (χ2n) is 6.13. The van der Waals surface area contributed by atoms with Crippen LogP contribution in [-0.2, 0) is 9.84 Å². The van der Waals surface area contributed by atoms with Gasteiger partial charge in [-0.1, -0.05) is 6.07 Å². The summed E-state index contributed by atoms with van der Waals surface area (Å²) in [7, 11) is -2.93. The summed E-state index contributed by atoms with van der Waals surface area (Å²) >= 11 is 0. The van der Waals surface area contributed by atoms with Gasteiger partial charge in [-0.25, -0.2) is 8.42 Å². The maximum atomic E-state index is 12.5. The van der Waals surface area contributed by atoms with Crippen molar-refractivity contribution in [2.75, 3.05) is 25.1 Å². The Morgan fingerprint density at radius 1 is 1.19 bits per heavy atom. The highest BCUT2D eigenvalue weighted by Gasteiger charge is 2.25. The number of sulfone groups is 1. The van der Waals surface area contributed by atoms with Gasteiger partial charge in [0.15, 0.2) is 0 Å². The van der Waals surface area contributed by atoms with Crippen LogP contribution in [0.5, 0.6) is 0 Å². The van der Waals surface area contributed by atoms with Crippen molar-refractivity contribution >= 4 is 15.7 Å². The minimum Gasteiger partial charge on any atom is -0.339 e. The highest BCUT2D eigenvalue weighted by atomic mass is 32.2. The number of piperidine rings is 1. The average Bonchev–Trinajstić information content (AvgIpc) is 2.40. The first-order valence-electron chi connectivity index (χ1n) is 7.30. The van der Waals surface area contributed by atoms with E-state index in [0.717, 1.165) is 24.0 Å². The molecule has 0 radical (unpaired) electrons. The van der Waals surface area contributed by atoms with Gasteiger partial charge in [0, 0.05) is 24.9 Å². The van der Waals surface area contributed by atoms with Gasteiger partial charge in [-0.3, -0.25) is 4.79 Å². The Labute approximate surface area is 127 Å². The van der Waals surface area contributed by atoms with Gasteiger partial charge in [-0.15, -0.1) is 0 Å². The lowest BCUT2D eigenvalue weighted by Gasteiger charge is -2.31. The van der Waals surface area contributed by atoms with E-state index in [0.29, 0.717) is 13.1 Å². The van der Waals surface area contributed by atoms with E-state index < -0.39 is 9.84 Å². The van der Waals surface area contributed by atoms with E-state index in [4.69, 9.17) is 0 Å². The Morgan fingerprint density at radius 3 is 2.33 bits per heavy atom. The lowest BCUT2D eigenvalue weighted by Crippen LogP contribution is -2.39. The van der Waals surface area contributed by atoms with Crippen molar-refractivity contribution in [3.8, 4) is 0 Å². The van der Waals surface area contributed by atoms with Gasteiger partial charge in [0.1, 0.15) is 9.84 Å². The standard InChI is InChI=1S/C16H23NO3S/c1-12-4-5-15(10-13(12)2)16(18)17-8-6-14(7-9-17)11-21(3,19)20/h4-5,10,14H,6-9,11H2,1-3H3. The molecule has 0 spiro atoms. The first-order valence-corrected chi connectivity index (χ1v) is 9.36. The molecule has 0 saturated carbocycles. The topological polar surface area (TPSA) is 54.5 Å². The molecule has 1 aliphatic rings. The molecule has 4 nitrogen and oxygen atoms in total. The molecule has 0 N–H and O–H groups in total. The summed E-state index contributed by atoms with van der Waals surface area (Å²) in [6, 6.07) is 5.77. The minimum atomic E-state index is -2.93. The van der Waals surface area contributed by atoms with Gasteiger partial charge in [0.05, 0.1) is 5.75 Å². The Morgan fingerprint density at radius 2 is 1.81 bits per heavy atom. The fourth-order valence-electron chi connectivity index (χ4n) is 2.79. The maximum Gasteiger partial charge on any atom is 0.253 e. The molecule has 0 aliphatic carbocycles.